The topological polar surface area (TPSA) is 106 Å². The molecule has 1 fully saturated rings. The molecule has 0 atom stereocenters. The van der Waals surface area contributed by atoms with Crippen molar-refractivity contribution in [3.05, 3.63) is 0 Å². The van der Waals surface area contributed by atoms with Crippen molar-refractivity contribution in [2.75, 3.05) is 39.8 Å². The third kappa shape index (κ3) is 6.43. The first-order chi connectivity index (χ1) is 11.1. The summed E-state index contributed by atoms with van der Waals surface area (Å²) in [6.45, 7) is 9.01. The molecule has 0 bridgehead atoms. The quantitative estimate of drug-likeness (QED) is 0.338. The highest BCUT2D eigenvalue weighted by Gasteiger charge is 2.27. The number of rotatable bonds is 6. The summed E-state index contributed by atoms with van der Waals surface area (Å²) in [5, 5.41) is 8.44. The summed E-state index contributed by atoms with van der Waals surface area (Å²) in [5.41, 5.74) is -0.295. The molecule has 0 aromatic carbocycles. The summed E-state index contributed by atoms with van der Waals surface area (Å²) in [4.78, 5) is 42.2. The van der Waals surface area contributed by atoms with Crippen LogP contribution in [0, 0.1) is 0 Å². The molecule has 1 saturated heterocycles. The van der Waals surface area contributed by atoms with Gasteiger partial charge in [-0.2, -0.15) is 0 Å². The maximum Gasteiger partial charge on any atom is 0.324 e. The largest absolute Gasteiger partial charge is 0.357 e. The van der Waals surface area contributed by atoms with E-state index in [1.54, 1.807) is 11.9 Å². The van der Waals surface area contributed by atoms with Gasteiger partial charge in [-0.3, -0.25) is 19.5 Å². The van der Waals surface area contributed by atoms with Gasteiger partial charge in [0.25, 0.3) is 0 Å². The van der Waals surface area contributed by atoms with Crippen LogP contribution in [0.1, 0.15) is 27.7 Å². The number of urea groups is 1. The van der Waals surface area contributed by atoms with Crippen molar-refractivity contribution in [3.8, 4) is 0 Å². The molecule has 1 aliphatic heterocycles. The van der Waals surface area contributed by atoms with Gasteiger partial charge in [0, 0.05) is 19.1 Å². The van der Waals surface area contributed by atoms with Gasteiger partial charge in [0.2, 0.25) is 11.8 Å². The molecule has 24 heavy (non-hydrogen) atoms. The second-order valence-corrected chi connectivity index (χ2v) is 6.59. The number of carbonyl (C=O) groups excluding carboxylic acids is 3. The lowest BCUT2D eigenvalue weighted by molar-refractivity contribution is -0.125. The Morgan fingerprint density at radius 1 is 1.38 bits per heavy atom. The van der Waals surface area contributed by atoms with E-state index in [1.165, 1.54) is 0 Å². The molecule has 0 aromatic heterocycles. The third-order valence-electron chi connectivity index (χ3n) is 3.11. The molecule has 0 unspecified atom stereocenters. The average molecular weight is 340 g/mol. The Morgan fingerprint density at radius 2 is 2.04 bits per heavy atom. The number of hydrogen-bond donors (Lipinski definition) is 3. The van der Waals surface area contributed by atoms with Gasteiger partial charge in [0.05, 0.1) is 26.2 Å². The molecule has 1 heterocycles. The zero-order valence-electron chi connectivity index (χ0n) is 15.1. The van der Waals surface area contributed by atoms with Crippen molar-refractivity contribution >= 4 is 23.8 Å². The molecule has 4 amide bonds. The first-order valence-corrected chi connectivity index (χ1v) is 8.02. The van der Waals surface area contributed by atoms with Crippen molar-refractivity contribution in [2.24, 2.45) is 4.99 Å². The molecular formula is C15H28N6O3. The van der Waals surface area contributed by atoms with Gasteiger partial charge >= 0.3 is 6.03 Å². The van der Waals surface area contributed by atoms with Gasteiger partial charge in [-0.1, -0.05) is 0 Å². The first kappa shape index (κ1) is 19.7. The summed E-state index contributed by atoms with van der Waals surface area (Å²) < 4.78 is 0. The lowest BCUT2D eigenvalue weighted by Crippen LogP contribution is -2.49. The maximum absolute atomic E-state index is 12.0. The van der Waals surface area contributed by atoms with Crippen LogP contribution in [0.25, 0.3) is 0 Å². The number of aliphatic imine (C=N–C) groups is 1. The number of hydrogen-bond acceptors (Lipinski definition) is 4. The summed E-state index contributed by atoms with van der Waals surface area (Å²) in [6, 6.07) is -0.391. The van der Waals surface area contributed by atoms with Crippen molar-refractivity contribution in [2.45, 2.75) is 33.2 Å². The fourth-order valence-electron chi connectivity index (χ4n) is 2.16. The first-order valence-electron chi connectivity index (χ1n) is 8.02. The minimum absolute atomic E-state index is 0.0372. The van der Waals surface area contributed by atoms with Crippen LogP contribution in [0.15, 0.2) is 4.99 Å². The van der Waals surface area contributed by atoms with E-state index in [2.05, 4.69) is 20.9 Å². The van der Waals surface area contributed by atoms with Crippen LogP contribution < -0.4 is 16.0 Å². The molecule has 9 heteroatoms. The van der Waals surface area contributed by atoms with Gasteiger partial charge < -0.3 is 20.9 Å². The van der Waals surface area contributed by atoms with Crippen molar-refractivity contribution < 1.29 is 14.4 Å². The Morgan fingerprint density at radius 3 is 2.54 bits per heavy atom. The molecule has 0 radical (unpaired) electrons. The van der Waals surface area contributed by atoms with Gasteiger partial charge in [0.1, 0.15) is 0 Å². The Labute approximate surface area is 142 Å². The minimum Gasteiger partial charge on any atom is -0.357 e. The highest BCUT2D eigenvalue weighted by Crippen LogP contribution is 2.00. The molecule has 0 spiro atoms. The van der Waals surface area contributed by atoms with Gasteiger partial charge in [0.15, 0.2) is 5.96 Å². The molecule has 1 aliphatic rings. The predicted molar refractivity (Wildman–Crippen MR) is 91.6 cm³/mol. The number of nitrogens with zero attached hydrogens (tertiary/aromatic N) is 3. The lowest BCUT2D eigenvalue weighted by atomic mass is 10.1. The summed E-state index contributed by atoms with van der Waals surface area (Å²) in [5.74, 6) is 0.191. The number of imide groups is 1. The van der Waals surface area contributed by atoms with Crippen LogP contribution in [0.4, 0.5) is 4.79 Å². The van der Waals surface area contributed by atoms with E-state index in [1.807, 2.05) is 27.7 Å². The van der Waals surface area contributed by atoms with Crippen LogP contribution in [0.5, 0.6) is 0 Å². The summed E-state index contributed by atoms with van der Waals surface area (Å²) >= 11 is 0. The van der Waals surface area contributed by atoms with Gasteiger partial charge in [-0.05, 0) is 27.7 Å². The molecule has 0 saturated carbocycles. The van der Waals surface area contributed by atoms with E-state index in [4.69, 9.17) is 0 Å². The van der Waals surface area contributed by atoms with Crippen LogP contribution in [-0.4, -0.2) is 78.9 Å². The smallest absolute Gasteiger partial charge is 0.324 e. The molecule has 9 nitrogen and oxygen atoms in total. The van der Waals surface area contributed by atoms with Crippen LogP contribution in [0.2, 0.25) is 0 Å². The maximum atomic E-state index is 12.0. The predicted octanol–water partition coefficient (Wildman–Crippen LogP) is -0.650. The molecular weight excluding hydrogens is 312 g/mol. The highest BCUT2D eigenvalue weighted by molar-refractivity contribution is 6.01. The van der Waals surface area contributed by atoms with Crippen molar-refractivity contribution in [1.29, 1.82) is 0 Å². The fourth-order valence-corrected chi connectivity index (χ4v) is 2.16. The van der Waals surface area contributed by atoms with Crippen LogP contribution >= 0.6 is 0 Å². The lowest BCUT2D eigenvalue weighted by Gasteiger charge is -2.25. The van der Waals surface area contributed by atoms with E-state index >= 15 is 0 Å². The molecule has 0 aliphatic carbocycles. The third-order valence-corrected chi connectivity index (χ3v) is 3.11. The minimum atomic E-state index is -0.391. The van der Waals surface area contributed by atoms with Crippen molar-refractivity contribution in [3.63, 3.8) is 0 Å². The van der Waals surface area contributed by atoms with Crippen LogP contribution in [-0.2, 0) is 9.59 Å². The number of guanidine groups is 1. The molecule has 0 aromatic rings. The number of nitrogens with one attached hydrogen (secondary N) is 3. The van der Waals surface area contributed by atoms with Gasteiger partial charge in [-0.15, -0.1) is 0 Å². The average Bonchev–Trinajstić information content (AvgIpc) is 2.75. The van der Waals surface area contributed by atoms with E-state index < -0.39 is 6.03 Å². The standard InChI is InChI=1S/C15H28N6O3/c1-6-16-13(20(5)10-11(22)19-15(2,3)4)17-7-8-21-12(23)9-18-14(21)24/h6-10H2,1-5H3,(H,16,17)(H,18,24)(H,19,22). The second kappa shape index (κ2) is 8.51. The number of likely N-dealkylation sites (N-methyl/N-ethyl adjacent to an activating group) is 1. The summed E-state index contributed by atoms with van der Waals surface area (Å²) in [7, 11) is 1.76. The number of amides is 4. The molecule has 136 valence electrons. The molecule has 1 rings (SSSR count). The normalized spacial score (nSPS) is 15.4. The van der Waals surface area contributed by atoms with E-state index in [0.717, 1.165) is 4.90 Å². The van der Waals surface area contributed by atoms with Crippen LogP contribution in [0.3, 0.4) is 0 Å². The van der Waals surface area contributed by atoms with E-state index in [9.17, 15) is 14.4 Å². The summed E-state index contributed by atoms with van der Waals surface area (Å²) in [6.07, 6.45) is 0. The second-order valence-electron chi connectivity index (χ2n) is 6.59. The zero-order valence-corrected chi connectivity index (χ0v) is 15.1. The van der Waals surface area contributed by atoms with Crippen molar-refractivity contribution in [1.82, 2.24) is 25.8 Å². The number of carbonyl (C=O) groups is 3. The van der Waals surface area contributed by atoms with E-state index in [0.29, 0.717) is 12.5 Å². The Bertz CT molecular complexity index is 496. The highest BCUT2D eigenvalue weighted by atomic mass is 16.2. The monoisotopic (exact) mass is 340 g/mol. The molecule has 3 N–H and O–H groups in total. The Hall–Kier alpha value is -2.32. The Kier molecular flexibility index (Phi) is 6.99. The van der Waals surface area contributed by atoms with Gasteiger partial charge in [-0.25, -0.2) is 4.79 Å². The zero-order chi connectivity index (χ0) is 18.3. The SMILES string of the molecule is CCNC(=NCCN1C(=O)CNC1=O)N(C)CC(=O)NC(C)(C)C. The Balaban J connectivity index is 2.59. The van der Waals surface area contributed by atoms with E-state index in [-0.39, 0.29) is 43.5 Å². The fraction of sp³-hybridized carbons (Fsp3) is 0.733.